The highest BCUT2D eigenvalue weighted by atomic mass is 16.2. The molecule has 0 aromatic heterocycles. The summed E-state index contributed by atoms with van der Waals surface area (Å²) >= 11 is 0. The zero-order valence-corrected chi connectivity index (χ0v) is 10.8. The summed E-state index contributed by atoms with van der Waals surface area (Å²) in [6.45, 7) is 4.15. The topological polar surface area (TPSA) is 32.3 Å². The summed E-state index contributed by atoms with van der Waals surface area (Å²) in [6, 6.07) is 0.0584. The lowest BCUT2D eigenvalue weighted by atomic mass is 9.85. The van der Waals surface area contributed by atoms with Gasteiger partial charge in [0.2, 0.25) is 5.91 Å². The highest BCUT2D eigenvalue weighted by molar-refractivity contribution is 5.84. The normalized spacial score (nSPS) is 31.1. The molecule has 1 saturated carbocycles. The Hall–Kier alpha value is -0.570. The van der Waals surface area contributed by atoms with Gasteiger partial charge in [-0.1, -0.05) is 32.1 Å². The first-order chi connectivity index (χ1) is 7.50. The molecule has 92 valence electrons. The Bertz CT molecular complexity index is 269. The molecule has 16 heavy (non-hydrogen) atoms. The number of rotatable bonds is 2. The number of amides is 1. The molecule has 2 aliphatic rings. The second-order valence-electron chi connectivity index (χ2n) is 5.89. The van der Waals surface area contributed by atoms with Gasteiger partial charge in [-0.25, -0.2) is 0 Å². The molecule has 1 atom stereocenters. The molecule has 1 N–H and O–H groups in total. The van der Waals surface area contributed by atoms with Crippen LogP contribution in [0.3, 0.4) is 0 Å². The lowest BCUT2D eigenvalue weighted by Crippen LogP contribution is -2.45. The average molecular weight is 224 g/mol. The number of carbonyl (C=O) groups excluding carboxylic acids is 1. The number of likely N-dealkylation sites (N-methyl/N-ethyl adjacent to an activating group) is 1. The van der Waals surface area contributed by atoms with E-state index in [1.165, 1.54) is 32.1 Å². The van der Waals surface area contributed by atoms with Crippen molar-refractivity contribution in [1.29, 1.82) is 0 Å². The smallest absolute Gasteiger partial charge is 0.240 e. The molecule has 3 nitrogen and oxygen atoms in total. The minimum absolute atomic E-state index is 0.0584. The maximum absolute atomic E-state index is 12.1. The monoisotopic (exact) mass is 224 g/mol. The molecule has 2 fully saturated rings. The Labute approximate surface area is 98.6 Å². The first-order valence-electron chi connectivity index (χ1n) is 6.56. The van der Waals surface area contributed by atoms with E-state index in [2.05, 4.69) is 19.2 Å². The van der Waals surface area contributed by atoms with Gasteiger partial charge < -0.3 is 4.90 Å². The first kappa shape index (κ1) is 11.9. The van der Waals surface area contributed by atoms with Crippen molar-refractivity contribution in [3.05, 3.63) is 0 Å². The van der Waals surface area contributed by atoms with Gasteiger partial charge >= 0.3 is 0 Å². The number of nitrogens with zero attached hydrogens (tertiary/aromatic N) is 1. The minimum Gasteiger partial charge on any atom is -0.327 e. The van der Waals surface area contributed by atoms with E-state index in [1.54, 1.807) is 0 Å². The number of carbonyl (C=O) groups is 1. The molecule has 1 amide bonds. The van der Waals surface area contributed by atoms with E-state index < -0.39 is 0 Å². The third-order valence-corrected chi connectivity index (χ3v) is 4.29. The molecule has 1 saturated heterocycles. The SMILES string of the molecule is CN1C(=O)[C@H](CC2CCCCC2)NC1(C)C. The molecule has 3 heteroatoms. The van der Waals surface area contributed by atoms with Crippen LogP contribution in [0.25, 0.3) is 0 Å². The van der Waals surface area contributed by atoms with Gasteiger partial charge in [0.05, 0.1) is 11.7 Å². The van der Waals surface area contributed by atoms with Crippen molar-refractivity contribution >= 4 is 5.91 Å². The van der Waals surface area contributed by atoms with Crippen molar-refractivity contribution in [3.63, 3.8) is 0 Å². The van der Waals surface area contributed by atoms with Gasteiger partial charge in [0, 0.05) is 7.05 Å². The maximum atomic E-state index is 12.1. The molecule has 2 rings (SSSR count). The molecule has 1 aliphatic heterocycles. The summed E-state index contributed by atoms with van der Waals surface area (Å²) in [4.78, 5) is 13.9. The predicted octanol–water partition coefficient (Wildman–Crippen LogP) is 2.12. The summed E-state index contributed by atoms with van der Waals surface area (Å²) in [5.41, 5.74) is -0.170. The minimum atomic E-state index is -0.170. The fourth-order valence-electron chi connectivity index (χ4n) is 3.01. The summed E-state index contributed by atoms with van der Waals surface area (Å²) < 4.78 is 0. The number of hydrogen-bond acceptors (Lipinski definition) is 2. The Morgan fingerprint density at radius 2 is 1.94 bits per heavy atom. The lowest BCUT2D eigenvalue weighted by Gasteiger charge is -2.27. The second-order valence-corrected chi connectivity index (χ2v) is 5.89. The van der Waals surface area contributed by atoms with Crippen LogP contribution in [0.1, 0.15) is 52.4 Å². The standard InChI is InChI=1S/C13H24N2O/c1-13(2)14-11(12(16)15(13)3)9-10-7-5-4-6-8-10/h10-11,14H,4-9H2,1-3H3/t11-/m0/s1. The van der Waals surface area contributed by atoms with Crippen molar-refractivity contribution < 1.29 is 4.79 Å². The molecule has 0 aromatic carbocycles. The van der Waals surface area contributed by atoms with Crippen molar-refractivity contribution in [1.82, 2.24) is 10.2 Å². The summed E-state index contributed by atoms with van der Waals surface area (Å²) in [7, 11) is 1.90. The van der Waals surface area contributed by atoms with Crippen LogP contribution >= 0.6 is 0 Å². The second kappa shape index (κ2) is 4.36. The fraction of sp³-hybridized carbons (Fsp3) is 0.923. The number of hydrogen-bond donors (Lipinski definition) is 1. The van der Waals surface area contributed by atoms with Gasteiger partial charge in [-0.15, -0.1) is 0 Å². The van der Waals surface area contributed by atoms with Crippen LogP contribution in [0.15, 0.2) is 0 Å². The van der Waals surface area contributed by atoms with Crippen molar-refractivity contribution in [2.75, 3.05) is 7.05 Å². The van der Waals surface area contributed by atoms with Crippen LogP contribution in [0.2, 0.25) is 0 Å². The molecule has 0 bridgehead atoms. The van der Waals surface area contributed by atoms with Crippen molar-refractivity contribution in [3.8, 4) is 0 Å². The van der Waals surface area contributed by atoms with E-state index in [4.69, 9.17) is 0 Å². The zero-order valence-electron chi connectivity index (χ0n) is 10.8. The average Bonchev–Trinajstić information content (AvgIpc) is 2.44. The molecule has 1 aliphatic carbocycles. The van der Waals surface area contributed by atoms with Gasteiger partial charge in [-0.05, 0) is 26.2 Å². The van der Waals surface area contributed by atoms with Crippen LogP contribution < -0.4 is 5.32 Å². The molecule has 0 unspecified atom stereocenters. The first-order valence-corrected chi connectivity index (χ1v) is 6.56. The van der Waals surface area contributed by atoms with Crippen LogP contribution in [0, 0.1) is 5.92 Å². The Kier molecular flexibility index (Phi) is 3.24. The molecule has 0 aromatic rings. The zero-order chi connectivity index (χ0) is 11.8. The summed E-state index contributed by atoms with van der Waals surface area (Å²) in [5, 5.41) is 3.45. The van der Waals surface area contributed by atoms with Crippen LogP contribution in [0.5, 0.6) is 0 Å². The van der Waals surface area contributed by atoms with E-state index in [-0.39, 0.29) is 17.6 Å². The summed E-state index contributed by atoms with van der Waals surface area (Å²) in [5.74, 6) is 1.04. The van der Waals surface area contributed by atoms with Crippen LogP contribution in [0.4, 0.5) is 0 Å². The Morgan fingerprint density at radius 3 is 2.44 bits per heavy atom. The number of nitrogens with one attached hydrogen (secondary N) is 1. The highest BCUT2D eigenvalue weighted by Crippen LogP contribution is 2.30. The summed E-state index contributed by atoms with van der Waals surface area (Å²) in [6.07, 6.45) is 7.75. The molecule has 1 heterocycles. The Balaban J connectivity index is 1.93. The predicted molar refractivity (Wildman–Crippen MR) is 65.0 cm³/mol. The van der Waals surface area contributed by atoms with E-state index >= 15 is 0 Å². The van der Waals surface area contributed by atoms with E-state index in [0.29, 0.717) is 0 Å². The van der Waals surface area contributed by atoms with Gasteiger partial charge in [0.1, 0.15) is 0 Å². The van der Waals surface area contributed by atoms with E-state index in [9.17, 15) is 4.79 Å². The van der Waals surface area contributed by atoms with Gasteiger partial charge in [-0.2, -0.15) is 0 Å². The molecule has 0 radical (unpaired) electrons. The largest absolute Gasteiger partial charge is 0.327 e. The quantitative estimate of drug-likeness (QED) is 0.779. The van der Waals surface area contributed by atoms with Crippen molar-refractivity contribution in [2.24, 2.45) is 5.92 Å². The molecular formula is C13H24N2O. The highest BCUT2D eigenvalue weighted by Gasteiger charge is 2.42. The van der Waals surface area contributed by atoms with E-state index in [1.807, 2.05) is 11.9 Å². The van der Waals surface area contributed by atoms with Crippen LogP contribution in [-0.2, 0) is 4.79 Å². The third kappa shape index (κ3) is 2.24. The molecule has 0 spiro atoms. The van der Waals surface area contributed by atoms with Gasteiger partial charge in [-0.3, -0.25) is 10.1 Å². The Morgan fingerprint density at radius 1 is 1.31 bits per heavy atom. The van der Waals surface area contributed by atoms with Crippen LogP contribution in [-0.4, -0.2) is 29.6 Å². The maximum Gasteiger partial charge on any atom is 0.240 e. The van der Waals surface area contributed by atoms with Crippen molar-refractivity contribution in [2.45, 2.75) is 64.1 Å². The lowest BCUT2D eigenvalue weighted by molar-refractivity contribution is -0.130. The molecular weight excluding hydrogens is 200 g/mol. The fourth-order valence-corrected chi connectivity index (χ4v) is 3.01. The van der Waals surface area contributed by atoms with Gasteiger partial charge in [0.15, 0.2) is 0 Å². The van der Waals surface area contributed by atoms with E-state index in [0.717, 1.165) is 12.3 Å². The third-order valence-electron chi connectivity index (χ3n) is 4.29. The van der Waals surface area contributed by atoms with Gasteiger partial charge in [0.25, 0.3) is 0 Å².